The molecule has 0 saturated carbocycles. The second-order valence-electron chi connectivity index (χ2n) is 8.84. The van der Waals surface area contributed by atoms with Gasteiger partial charge < -0.3 is 9.84 Å². The lowest BCUT2D eigenvalue weighted by Gasteiger charge is -2.35. The first-order valence-corrected chi connectivity index (χ1v) is 11.9. The van der Waals surface area contributed by atoms with Crippen molar-refractivity contribution in [3.63, 3.8) is 0 Å². The molecule has 196 valence electrons. The Bertz CT molecular complexity index is 957. The Morgan fingerprint density at radius 3 is 1.75 bits per heavy atom. The number of aliphatic hydroxyl groups excluding tert-OH is 1. The van der Waals surface area contributed by atoms with Crippen LogP contribution in [0.2, 0.25) is 0 Å². The molecule has 3 aromatic rings. The summed E-state index contributed by atoms with van der Waals surface area (Å²) < 4.78 is 33.0. The zero-order valence-electron chi connectivity index (χ0n) is 20.1. The van der Waals surface area contributed by atoms with Crippen LogP contribution in [0.3, 0.4) is 0 Å². The lowest BCUT2D eigenvalue weighted by molar-refractivity contribution is 0.0353. The van der Waals surface area contributed by atoms with Gasteiger partial charge in [-0.25, -0.2) is 8.78 Å². The van der Waals surface area contributed by atoms with Crippen LogP contribution < -0.4 is 0 Å². The van der Waals surface area contributed by atoms with E-state index < -0.39 is 0 Å². The third-order valence-electron chi connectivity index (χ3n) is 6.29. The summed E-state index contributed by atoms with van der Waals surface area (Å²) in [5, 5.41) is 10.5. The zero-order chi connectivity index (χ0) is 23.8. The van der Waals surface area contributed by atoms with Crippen molar-refractivity contribution in [3.8, 4) is 0 Å². The molecule has 1 atom stereocenters. The van der Waals surface area contributed by atoms with Crippen molar-refractivity contribution in [2.45, 2.75) is 18.6 Å². The van der Waals surface area contributed by atoms with Crippen LogP contribution in [-0.2, 0) is 11.2 Å². The molecule has 0 aromatic heterocycles. The second-order valence-corrected chi connectivity index (χ2v) is 8.84. The minimum absolute atomic E-state index is 0. The van der Waals surface area contributed by atoms with Crippen LogP contribution in [0.4, 0.5) is 8.78 Å². The van der Waals surface area contributed by atoms with Gasteiger partial charge in [-0.3, -0.25) is 9.80 Å². The zero-order valence-corrected chi connectivity index (χ0v) is 21.8. The van der Waals surface area contributed by atoms with Crippen LogP contribution in [0.5, 0.6) is 0 Å². The first-order valence-electron chi connectivity index (χ1n) is 11.9. The third kappa shape index (κ3) is 9.11. The Balaban J connectivity index is 0.00000228. The predicted molar refractivity (Wildman–Crippen MR) is 144 cm³/mol. The first-order chi connectivity index (χ1) is 16.6. The summed E-state index contributed by atoms with van der Waals surface area (Å²) in [4.78, 5) is 4.66. The molecule has 1 unspecified atom stereocenters. The minimum Gasteiger partial charge on any atom is -0.391 e. The highest BCUT2D eigenvalue weighted by atomic mass is 35.5. The highest BCUT2D eigenvalue weighted by Gasteiger charge is 2.20. The molecule has 8 heteroatoms. The lowest BCUT2D eigenvalue weighted by Crippen LogP contribution is -2.49. The van der Waals surface area contributed by atoms with Crippen LogP contribution in [0, 0.1) is 11.6 Å². The van der Waals surface area contributed by atoms with Crippen LogP contribution in [-0.4, -0.2) is 66.9 Å². The van der Waals surface area contributed by atoms with Gasteiger partial charge in [0.25, 0.3) is 0 Å². The molecule has 1 aliphatic heterocycles. The van der Waals surface area contributed by atoms with E-state index in [-0.39, 0.29) is 48.7 Å². The quantitative estimate of drug-likeness (QED) is 0.388. The number of benzene rings is 3. The monoisotopic (exact) mass is 538 g/mol. The standard InChI is InChI=1S/C28H32F2N2O2.2ClH/c29-25-10-6-23(7-11-25)28(24-8-12-26(30)13-9-24)34-19-18-31-14-16-32(17-15-31)21-27(33)20-22-4-2-1-3-5-22;;/h1-13,27-28,33H,14-21H2;2*1H. The maximum Gasteiger partial charge on any atom is 0.123 e. The average molecular weight is 539 g/mol. The van der Waals surface area contributed by atoms with Gasteiger partial charge in [0.15, 0.2) is 0 Å². The van der Waals surface area contributed by atoms with Crippen molar-refractivity contribution < 1.29 is 18.6 Å². The van der Waals surface area contributed by atoms with Gasteiger partial charge in [-0.1, -0.05) is 54.6 Å². The van der Waals surface area contributed by atoms with Crippen molar-refractivity contribution >= 4 is 24.8 Å². The summed E-state index contributed by atoms with van der Waals surface area (Å²) >= 11 is 0. The summed E-state index contributed by atoms with van der Waals surface area (Å²) in [6.07, 6.45) is -0.0802. The summed E-state index contributed by atoms with van der Waals surface area (Å²) in [5.74, 6) is -0.596. The van der Waals surface area contributed by atoms with E-state index in [0.29, 0.717) is 19.6 Å². The fourth-order valence-corrected chi connectivity index (χ4v) is 4.40. The van der Waals surface area contributed by atoms with Gasteiger partial charge in [-0.15, -0.1) is 24.8 Å². The van der Waals surface area contributed by atoms with Crippen LogP contribution in [0.15, 0.2) is 78.9 Å². The van der Waals surface area contributed by atoms with Crippen molar-refractivity contribution in [1.82, 2.24) is 9.80 Å². The Morgan fingerprint density at radius 1 is 0.722 bits per heavy atom. The first kappa shape index (κ1) is 30.2. The normalized spacial score (nSPS) is 15.2. The number of aliphatic hydroxyl groups is 1. The number of rotatable bonds is 10. The second kappa shape index (κ2) is 15.3. The molecule has 1 saturated heterocycles. The fourth-order valence-electron chi connectivity index (χ4n) is 4.40. The number of halogens is 4. The maximum atomic E-state index is 13.4. The number of hydrogen-bond acceptors (Lipinski definition) is 4. The van der Waals surface area contributed by atoms with Gasteiger partial charge in [-0.05, 0) is 47.4 Å². The largest absolute Gasteiger partial charge is 0.391 e. The molecule has 0 radical (unpaired) electrons. The van der Waals surface area contributed by atoms with E-state index in [4.69, 9.17) is 4.74 Å². The van der Waals surface area contributed by atoms with Crippen molar-refractivity contribution in [2.24, 2.45) is 0 Å². The van der Waals surface area contributed by atoms with Gasteiger partial charge >= 0.3 is 0 Å². The smallest absolute Gasteiger partial charge is 0.123 e. The van der Waals surface area contributed by atoms with Gasteiger partial charge in [0.1, 0.15) is 17.7 Å². The van der Waals surface area contributed by atoms with E-state index in [9.17, 15) is 13.9 Å². The van der Waals surface area contributed by atoms with Crippen molar-refractivity contribution in [2.75, 3.05) is 45.9 Å². The molecule has 1 fully saturated rings. The van der Waals surface area contributed by atoms with E-state index in [2.05, 4.69) is 9.80 Å². The Morgan fingerprint density at radius 2 is 1.22 bits per heavy atom. The van der Waals surface area contributed by atoms with Crippen LogP contribution >= 0.6 is 24.8 Å². The molecular weight excluding hydrogens is 505 g/mol. The summed E-state index contributed by atoms with van der Waals surface area (Å²) in [7, 11) is 0. The highest BCUT2D eigenvalue weighted by molar-refractivity contribution is 5.85. The van der Waals surface area contributed by atoms with Crippen molar-refractivity contribution in [3.05, 3.63) is 107 Å². The SMILES string of the molecule is Cl.Cl.OC(Cc1ccccc1)CN1CCN(CCOC(c2ccc(F)cc2)c2ccc(F)cc2)CC1. The minimum atomic E-state index is -0.379. The topological polar surface area (TPSA) is 35.9 Å². The van der Waals surface area contributed by atoms with Gasteiger partial charge in [0.05, 0.1) is 12.7 Å². The van der Waals surface area contributed by atoms with E-state index in [1.807, 2.05) is 30.3 Å². The number of nitrogens with zero attached hydrogens (tertiary/aromatic N) is 2. The molecule has 0 amide bonds. The number of β-amino-alcohol motifs (C(OH)–C–C–N with tert-alkyl or cyclic N) is 1. The molecule has 1 aliphatic rings. The molecule has 0 spiro atoms. The van der Waals surface area contributed by atoms with Gasteiger partial charge in [0.2, 0.25) is 0 Å². The molecule has 3 aromatic carbocycles. The Labute approximate surface area is 224 Å². The molecule has 4 rings (SSSR count). The third-order valence-corrected chi connectivity index (χ3v) is 6.29. The fraction of sp³-hybridized carbons (Fsp3) is 0.357. The van der Waals surface area contributed by atoms with Crippen molar-refractivity contribution in [1.29, 1.82) is 0 Å². The Hall–Kier alpha value is -2.06. The molecule has 36 heavy (non-hydrogen) atoms. The molecular formula is C28H34Cl2F2N2O2. The average Bonchev–Trinajstić information content (AvgIpc) is 2.85. The highest BCUT2D eigenvalue weighted by Crippen LogP contribution is 2.26. The molecule has 4 nitrogen and oxygen atoms in total. The summed E-state index contributed by atoms with van der Waals surface area (Å²) in [5.41, 5.74) is 2.83. The van der Waals surface area contributed by atoms with Crippen LogP contribution in [0.25, 0.3) is 0 Å². The number of ether oxygens (including phenoxy) is 1. The number of hydrogen-bond donors (Lipinski definition) is 1. The van der Waals surface area contributed by atoms with E-state index >= 15 is 0 Å². The van der Waals surface area contributed by atoms with Crippen LogP contribution in [0.1, 0.15) is 22.8 Å². The van der Waals surface area contributed by atoms with Gasteiger partial charge in [0, 0.05) is 39.3 Å². The Kier molecular flexibility index (Phi) is 12.8. The van der Waals surface area contributed by atoms with E-state index in [0.717, 1.165) is 49.4 Å². The maximum absolute atomic E-state index is 13.4. The molecule has 0 aliphatic carbocycles. The molecule has 1 heterocycles. The van der Waals surface area contributed by atoms with Gasteiger partial charge in [-0.2, -0.15) is 0 Å². The summed E-state index contributed by atoms with van der Waals surface area (Å²) in [6.45, 7) is 5.61. The predicted octanol–water partition coefficient (Wildman–Crippen LogP) is 5.14. The number of piperazine rings is 1. The van der Waals surface area contributed by atoms with E-state index in [1.165, 1.54) is 24.3 Å². The molecule has 0 bridgehead atoms. The lowest BCUT2D eigenvalue weighted by atomic mass is 10.0. The summed E-state index contributed by atoms with van der Waals surface area (Å²) in [6, 6.07) is 22.6. The van der Waals surface area contributed by atoms with E-state index in [1.54, 1.807) is 24.3 Å². The molecule has 1 N–H and O–H groups in total.